The average Bonchev–Trinajstić information content (AvgIpc) is 3.01. The van der Waals surface area contributed by atoms with Gasteiger partial charge >= 0.3 is 0 Å². The summed E-state index contributed by atoms with van der Waals surface area (Å²) in [6.45, 7) is 0. The molecule has 2 heterocycles. The Hall–Kier alpha value is -2.02. The summed E-state index contributed by atoms with van der Waals surface area (Å²) in [6, 6.07) is 0.125. The molecular formula is C14H17N5OS. The lowest BCUT2D eigenvalue weighted by Gasteiger charge is -2.25. The zero-order valence-electron chi connectivity index (χ0n) is 12.0. The molecule has 0 saturated heterocycles. The second kappa shape index (κ2) is 5.77. The van der Waals surface area contributed by atoms with E-state index in [2.05, 4.69) is 20.3 Å². The largest absolute Gasteiger partial charge is 0.348 e. The van der Waals surface area contributed by atoms with Crippen LogP contribution in [0.25, 0.3) is 0 Å². The average molecular weight is 303 g/mol. The monoisotopic (exact) mass is 303 g/mol. The summed E-state index contributed by atoms with van der Waals surface area (Å²) in [7, 11) is 3.86. The molecule has 0 aromatic carbocycles. The van der Waals surface area contributed by atoms with E-state index in [0.29, 0.717) is 5.69 Å². The van der Waals surface area contributed by atoms with Crippen LogP contribution in [0.15, 0.2) is 17.1 Å². The van der Waals surface area contributed by atoms with Crippen molar-refractivity contribution in [1.82, 2.24) is 20.3 Å². The summed E-state index contributed by atoms with van der Waals surface area (Å²) in [6.07, 6.45) is 4.41. The molecule has 0 aliphatic heterocycles. The molecular weight excluding hydrogens is 286 g/mol. The number of nitrogens with zero attached hydrogens (tertiary/aromatic N) is 4. The van der Waals surface area contributed by atoms with E-state index >= 15 is 0 Å². The Bertz CT molecular complexity index is 641. The molecule has 3 rings (SSSR count). The summed E-state index contributed by atoms with van der Waals surface area (Å²) in [5.41, 5.74) is 4.37. The minimum atomic E-state index is -0.101. The van der Waals surface area contributed by atoms with Gasteiger partial charge in [0, 0.05) is 37.4 Å². The van der Waals surface area contributed by atoms with E-state index < -0.39 is 0 Å². The van der Waals surface area contributed by atoms with E-state index in [-0.39, 0.29) is 11.9 Å². The van der Waals surface area contributed by atoms with Gasteiger partial charge in [0.25, 0.3) is 5.91 Å². The number of hydrogen-bond donors (Lipinski definition) is 1. The van der Waals surface area contributed by atoms with Crippen LogP contribution in [0.4, 0.5) is 5.95 Å². The van der Waals surface area contributed by atoms with Crippen LogP contribution in [-0.4, -0.2) is 41.0 Å². The number of aryl methyl sites for hydroxylation is 1. The number of carbonyl (C=O) groups excluding carboxylic acids is 1. The number of nitrogens with one attached hydrogen (secondary N) is 1. The maximum absolute atomic E-state index is 12.0. The van der Waals surface area contributed by atoms with Gasteiger partial charge in [0.15, 0.2) is 0 Å². The highest BCUT2D eigenvalue weighted by molar-refractivity contribution is 7.07. The molecule has 1 aliphatic rings. The Morgan fingerprint density at radius 2 is 2.29 bits per heavy atom. The number of amides is 1. The first kappa shape index (κ1) is 13.9. The van der Waals surface area contributed by atoms with Crippen molar-refractivity contribution in [3.63, 3.8) is 0 Å². The van der Waals surface area contributed by atoms with Crippen molar-refractivity contribution < 1.29 is 4.79 Å². The molecule has 0 unspecified atom stereocenters. The topological polar surface area (TPSA) is 71.0 Å². The minimum Gasteiger partial charge on any atom is -0.348 e. The number of fused-ring (bicyclic) bond motifs is 1. The van der Waals surface area contributed by atoms with Crippen LogP contribution in [0, 0.1) is 0 Å². The van der Waals surface area contributed by atoms with E-state index in [9.17, 15) is 4.79 Å². The van der Waals surface area contributed by atoms with Crippen LogP contribution in [0.1, 0.15) is 28.2 Å². The number of carbonyl (C=O) groups is 1. The van der Waals surface area contributed by atoms with Crippen LogP contribution in [0.5, 0.6) is 0 Å². The fourth-order valence-electron chi connectivity index (χ4n) is 2.42. The zero-order valence-corrected chi connectivity index (χ0v) is 12.9. The van der Waals surface area contributed by atoms with Gasteiger partial charge in [-0.2, -0.15) is 0 Å². The van der Waals surface area contributed by atoms with E-state index in [1.54, 1.807) is 10.9 Å². The summed E-state index contributed by atoms with van der Waals surface area (Å²) in [5, 5.41) is 4.80. The summed E-state index contributed by atoms with van der Waals surface area (Å²) < 4.78 is 0. The molecule has 0 fully saturated rings. The van der Waals surface area contributed by atoms with Crippen LogP contribution in [0.2, 0.25) is 0 Å². The Labute approximate surface area is 127 Å². The van der Waals surface area contributed by atoms with Gasteiger partial charge < -0.3 is 10.2 Å². The zero-order chi connectivity index (χ0) is 14.8. The third-order valence-corrected chi connectivity index (χ3v) is 4.12. The fourth-order valence-corrected chi connectivity index (χ4v) is 2.95. The number of thiazole rings is 1. The third-order valence-electron chi connectivity index (χ3n) is 3.54. The standard InChI is InChI=1S/C14H17N5OS/c1-19(2)14-15-6-9-5-10(3-4-11(9)18-14)17-13(20)12-7-21-8-16-12/h6-8,10H,3-5H2,1-2H3,(H,17,20)/t10-/m1/s1. The molecule has 7 heteroatoms. The van der Waals surface area contributed by atoms with Crippen LogP contribution < -0.4 is 10.2 Å². The maximum atomic E-state index is 12.0. The van der Waals surface area contributed by atoms with Crippen molar-refractivity contribution in [1.29, 1.82) is 0 Å². The van der Waals surface area contributed by atoms with E-state index in [1.165, 1.54) is 11.3 Å². The maximum Gasteiger partial charge on any atom is 0.270 e. The summed E-state index contributed by atoms with van der Waals surface area (Å²) in [4.78, 5) is 26.9. The van der Waals surface area contributed by atoms with Gasteiger partial charge in [0.05, 0.1) is 5.51 Å². The van der Waals surface area contributed by atoms with Crippen molar-refractivity contribution in [3.8, 4) is 0 Å². The molecule has 0 saturated carbocycles. The molecule has 110 valence electrons. The van der Waals surface area contributed by atoms with Gasteiger partial charge in [-0.25, -0.2) is 15.0 Å². The Morgan fingerprint density at radius 3 is 3.00 bits per heavy atom. The molecule has 0 radical (unpaired) electrons. The lowest BCUT2D eigenvalue weighted by Crippen LogP contribution is -2.39. The predicted molar refractivity (Wildman–Crippen MR) is 81.8 cm³/mol. The predicted octanol–water partition coefficient (Wildman–Crippen LogP) is 1.29. The van der Waals surface area contributed by atoms with Gasteiger partial charge in [-0.05, 0) is 24.8 Å². The second-order valence-corrected chi connectivity index (χ2v) is 6.04. The third kappa shape index (κ3) is 3.02. The number of rotatable bonds is 3. The van der Waals surface area contributed by atoms with Crippen molar-refractivity contribution in [2.75, 3.05) is 19.0 Å². The quantitative estimate of drug-likeness (QED) is 0.925. The van der Waals surface area contributed by atoms with Crippen molar-refractivity contribution in [2.24, 2.45) is 0 Å². The molecule has 1 N–H and O–H groups in total. The SMILES string of the molecule is CN(C)c1ncc2c(n1)CC[C@@H](NC(=O)c1cscn1)C2. The van der Waals surface area contributed by atoms with Crippen molar-refractivity contribution in [3.05, 3.63) is 34.0 Å². The van der Waals surface area contributed by atoms with Crippen LogP contribution in [0.3, 0.4) is 0 Å². The second-order valence-electron chi connectivity index (χ2n) is 5.32. The Balaban J connectivity index is 1.69. The van der Waals surface area contributed by atoms with Crippen molar-refractivity contribution in [2.45, 2.75) is 25.3 Å². The Kier molecular flexibility index (Phi) is 3.83. The highest BCUT2D eigenvalue weighted by Crippen LogP contribution is 2.21. The highest BCUT2D eigenvalue weighted by atomic mass is 32.1. The number of hydrogen-bond acceptors (Lipinski definition) is 6. The highest BCUT2D eigenvalue weighted by Gasteiger charge is 2.23. The number of aromatic nitrogens is 3. The normalized spacial score (nSPS) is 17.1. The molecule has 6 nitrogen and oxygen atoms in total. The van der Waals surface area contributed by atoms with E-state index in [0.717, 1.165) is 36.5 Å². The number of anilines is 1. The molecule has 1 atom stereocenters. The summed E-state index contributed by atoms with van der Waals surface area (Å²) in [5.74, 6) is 0.634. The molecule has 1 aliphatic carbocycles. The Morgan fingerprint density at radius 1 is 1.43 bits per heavy atom. The molecule has 21 heavy (non-hydrogen) atoms. The smallest absolute Gasteiger partial charge is 0.270 e. The minimum absolute atomic E-state index is 0.101. The lowest BCUT2D eigenvalue weighted by atomic mass is 9.93. The van der Waals surface area contributed by atoms with Gasteiger partial charge in [-0.15, -0.1) is 11.3 Å². The van der Waals surface area contributed by atoms with Crippen LogP contribution >= 0.6 is 11.3 Å². The van der Waals surface area contributed by atoms with Crippen molar-refractivity contribution >= 4 is 23.2 Å². The molecule has 1 amide bonds. The van der Waals surface area contributed by atoms with E-state index in [4.69, 9.17) is 0 Å². The van der Waals surface area contributed by atoms with Gasteiger partial charge in [-0.1, -0.05) is 0 Å². The fraction of sp³-hybridized carbons (Fsp3) is 0.429. The first-order chi connectivity index (χ1) is 10.1. The summed E-state index contributed by atoms with van der Waals surface area (Å²) >= 11 is 1.43. The lowest BCUT2D eigenvalue weighted by molar-refractivity contribution is 0.0929. The molecule has 2 aromatic heterocycles. The molecule has 0 bridgehead atoms. The van der Waals surface area contributed by atoms with E-state index in [1.807, 2.05) is 25.2 Å². The van der Waals surface area contributed by atoms with Gasteiger partial charge in [0.2, 0.25) is 5.95 Å². The first-order valence-electron chi connectivity index (χ1n) is 6.84. The molecule has 0 spiro atoms. The molecule has 2 aromatic rings. The first-order valence-corrected chi connectivity index (χ1v) is 7.79. The van der Waals surface area contributed by atoms with Gasteiger partial charge in [-0.3, -0.25) is 4.79 Å². The van der Waals surface area contributed by atoms with Crippen LogP contribution in [-0.2, 0) is 12.8 Å². The van der Waals surface area contributed by atoms with Gasteiger partial charge in [0.1, 0.15) is 5.69 Å².